The van der Waals surface area contributed by atoms with Crippen LogP contribution >= 0.6 is 0 Å². The molecule has 0 spiro atoms. The summed E-state index contributed by atoms with van der Waals surface area (Å²) in [6, 6.07) is 12.3. The van der Waals surface area contributed by atoms with E-state index in [0.29, 0.717) is 0 Å². The maximum Gasteiger partial charge on any atom is 0.153 e. The first kappa shape index (κ1) is 13.9. The van der Waals surface area contributed by atoms with Gasteiger partial charge in [-0.1, -0.05) is 22.6 Å². The fourth-order valence-corrected chi connectivity index (χ4v) is 2.97. The Morgan fingerprint density at radius 3 is 1.61 bits per heavy atom. The largest absolute Gasteiger partial charge is 0.218 e. The van der Waals surface area contributed by atoms with Gasteiger partial charge >= 0.3 is 0 Å². The van der Waals surface area contributed by atoms with Crippen LogP contribution in [0.25, 0.3) is 22.1 Å². The van der Waals surface area contributed by atoms with Gasteiger partial charge in [-0.3, -0.25) is 0 Å². The third-order valence-corrected chi connectivity index (χ3v) is 4.24. The minimum absolute atomic E-state index is 0.520. The molecular weight excluding hydrogens is 288 g/mol. The first-order valence-corrected chi connectivity index (χ1v) is 7.62. The molecule has 0 N–H and O–H groups in total. The van der Waals surface area contributed by atoms with Crippen molar-refractivity contribution in [3.05, 3.63) is 47.5 Å². The summed E-state index contributed by atoms with van der Waals surface area (Å²) in [4.78, 5) is 0. The Bertz CT molecular complexity index is 942. The fourth-order valence-electron chi connectivity index (χ4n) is 2.97. The summed E-state index contributed by atoms with van der Waals surface area (Å²) in [5.74, 6) is 0. The lowest BCUT2D eigenvalue weighted by Gasteiger charge is -2.26. The molecule has 0 aliphatic carbocycles. The summed E-state index contributed by atoms with van der Waals surface area (Å²) in [5, 5.41) is 17.3. The summed E-state index contributed by atoms with van der Waals surface area (Å²) >= 11 is 0. The van der Waals surface area contributed by atoms with E-state index in [0.717, 1.165) is 22.1 Å². The Labute approximate surface area is 133 Å². The third kappa shape index (κ3) is 2.02. The van der Waals surface area contributed by atoms with E-state index in [1.165, 1.54) is 11.1 Å². The predicted molar refractivity (Wildman–Crippen MR) is 89.3 cm³/mol. The molecule has 0 radical (unpaired) electrons. The number of hydrogen-bond donors (Lipinski definition) is 0. The molecule has 0 aliphatic heterocycles. The van der Waals surface area contributed by atoms with Crippen molar-refractivity contribution >= 4 is 22.1 Å². The second kappa shape index (κ2) is 4.62. The number of aryl methyl sites for hydroxylation is 2. The molecule has 4 aromatic rings. The van der Waals surface area contributed by atoms with Crippen molar-refractivity contribution in [3.8, 4) is 0 Å². The quantitative estimate of drug-likeness (QED) is 0.571. The molecule has 6 nitrogen and oxygen atoms in total. The number of nitrogens with zero attached hydrogens (tertiary/aromatic N) is 6. The molecule has 0 atom stereocenters. The van der Waals surface area contributed by atoms with Crippen molar-refractivity contribution in [2.24, 2.45) is 0 Å². The van der Waals surface area contributed by atoms with Crippen LogP contribution in [0.3, 0.4) is 0 Å². The molecule has 0 bridgehead atoms. The van der Waals surface area contributed by atoms with E-state index in [-0.39, 0.29) is 0 Å². The van der Waals surface area contributed by atoms with E-state index in [4.69, 9.17) is 0 Å². The number of aromatic nitrogens is 6. The average Bonchev–Trinajstić information content (AvgIpc) is 3.10. The van der Waals surface area contributed by atoms with E-state index in [1.54, 1.807) is 0 Å². The third-order valence-electron chi connectivity index (χ3n) is 4.24. The van der Waals surface area contributed by atoms with Crippen molar-refractivity contribution in [3.63, 3.8) is 0 Å². The van der Waals surface area contributed by atoms with Gasteiger partial charge in [-0.05, 0) is 63.1 Å². The van der Waals surface area contributed by atoms with Crippen LogP contribution in [0.5, 0.6) is 0 Å². The predicted octanol–water partition coefficient (Wildman–Crippen LogP) is 3.03. The molecule has 6 heteroatoms. The molecule has 2 aromatic carbocycles. The van der Waals surface area contributed by atoms with E-state index in [9.17, 15) is 0 Å². The van der Waals surface area contributed by atoms with Gasteiger partial charge in [0.2, 0.25) is 0 Å². The van der Waals surface area contributed by atoms with Crippen molar-refractivity contribution in [1.82, 2.24) is 30.0 Å². The average molecular weight is 306 g/mol. The van der Waals surface area contributed by atoms with Gasteiger partial charge in [0.1, 0.15) is 11.0 Å². The van der Waals surface area contributed by atoms with E-state index in [2.05, 4.69) is 72.6 Å². The number of benzene rings is 2. The van der Waals surface area contributed by atoms with Gasteiger partial charge in [0.05, 0.1) is 11.0 Å². The zero-order valence-electron chi connectivity index (χ0n) is 13.6. The molecule has 0 amide bonds. The monoisotopic (exact) mass is 306 g/mol. The Balaban J connectivity index is 1.94. The second-order valence-corrected chi connectivity index (χ2v) is 6.48. The van der Waals surface area contributed by atoms with Gasteiger partial charge in [0.15, 0.2) is 5.66 Å². The SMILES string of the molecule is Cc1ccc2c(c1)nnn2C(C)(C)n1nnc2cc(C)ccc21. The summed E-state index contributed by atoms with van der Waals surface area (Å²) in [5.41, 5.74) is 5.56. The highest BCUT2D eigenvalue weighted by Gasteiger charge is 2.29. The molecule has 0 unspecified atom stereocenters. The summed E-state index contributed by atoms with van der Waals surface area (Å²) in [7, 11) is 0. The van der Waals surface area contributed by atoms with Crippen molar-refractivity contribution in [2.45, 2.75) is 33.4 Å². The first-order valence-electron chi connectivity index (χ1n) is 7.62. The van der Waals surface area contributed by atoms with Gasteiger partial charge in [-0.2, -0.15) is 0 Å². The normalized spacial score (nSPS) is 12.3. The van der Waals surface area contributed by atoms with Crippen LogP contribution in [0.2, 0.25) is 0 Å². The molecular formula is C17H18N6. The van der Waals surface area contributed by atoms with Gasteiger partial charge < -0.3 is 0 Å². The molecule has 0 saturated heterocycles. The van der Waals surface area contributed by atoms with Crippen LogP contribution in [0.1, 0.15) is 25.0 Å². The van der Waals surface area contributed by atoms with Crippen LogP contribution in [0.4, 0.5) is 0 Å². The zero-order valence-corrected chi connectivity index (χ0v) is 13.6. The lowest BCUT2D eigenvalue weighted by molar-refractivity contribution is 0.242. The lowest BCUT2D eigenvalue weighted by atomic mass is 10.1. The summed E-state index contributed by atoms with van der Waals surface area (Å²) in [6.45, 7) is 8.23. The van der Waals surface area contributed by atoms with Gasteiger partial charge in [-0.15, -0.1) is 10.2 Å². The molecule has 2 heterocycles. The molecule has 0 fully saturated rings. The number of rotatable bonds is 2. The van der Waals surface area contributed by atoms with Crippen molar-refractivity contribution in [2.75, 3.05) is 0 Å². The van der Waals surface area contributed by atoms with Crippen molar-refractivity contribution < 1.29 is 0 Å². The lowest BCUT2D eigenvalue weighted by Crippen LogP contribution is -2.36. The van der Waals surface area contributed by atoms with Crippen LogP contribution in [0.15, 0.2) is 36.4 Å². The molecule has 0 saturated carbocycles. The second-order valence-electron chi connectivity index (χ2n) is 6.48. The minimum Gasteiger partial charge on any atom is -0.218 e. The fraction of sp³-hybridized carbons (Fsp3) is 0.294. The topological polar surface area (TPSA) is 61.4 Å². The van der Waals surface area contributed by atoms with Crippen LogP contribution in [-0.4, -0.2) is 30.0 Å². The number of fused-ring (bicyclic) bond motifs is 2. The molecule has 0 aliphatic rings. The molecule has 23 heavy (non-hydrogen) atoms. The van der Waals surface area contributed by atoms with Crippen LogP contribution in [0, 0.1) is 13.8 Å². The highest BCUT2D eigenvalue weighted by molar-refractivity contribution is 5.77. The van der Waals surface area contributed by atoms with Gasteiger partial charge in [-0.25, -0.2) is 9.36 Å². The van der Waals surface area contributed by atoms with Crippen LogP contribution < -0.4 is 0 Å². The minimum atomic E-state index is -0.520. The smallest absolute Gasteiger partial charge is 0.153 e. The Hall–Kier alpha value is -2.76. The van der Waals surface area contributed by atoms with Gasteiger partial charge in [0, 0.05) is 0 Å². The Kier molecular flexibility index (Phi) is 2.78. The Morgan fingerprint density at radius 2 is 1.17 bits per heavy atom. The summed E-state index contributed by atoms with van der Waals surface area (Å²) in [6.07, 6.45) is 0. The maximum absolute atomic E-state index is 4.37. The van der Waals surface area contributed by atoms with E-state index in [1.807, 2.05) is 21.5 Å². The Morgan fingerprint density at radius 1 is 0.739 bits per heavy atom. The van der Waals surface area contributed by atoms with E-state index >= 15 is 0 Å². The molecule has 116 valence electrons. The van der Waals surface area contributed by atoms with E-state index < -0.39 is 5.66 Å². The molecule has 2 aromatic heterocycles. The highest BCUT2D eigenvalue weighted by atomic mass is 15.6. The number of hydrogen-bond acceptors (Lipinski definition) is 4. The van der Waals surface area contributed by atoms with Crippen LogP contribution in [-0.2, 0) is 5.66 Å². The maximum atomic E-state index is 4.37. The highest BCUT2D eigenvalue weighted by Crippen LogP contribution is 2.26. The first-order chi connectivity index (χ1) is 11.0. The van der Waals surface area contributed by atoms with Gasteiger partial charge in [0.25, 0.3) is 0 Å². The molecule has 4 rings (SSSR count). The summed E-state index contributed by atoms with van der Waals surface area (Å²) < 4.78 is 3.80. The van der Waals surface area contributed by atoms with Crippen molar-refractivity contribution in [1.29, 1.82) is 0 Å². The standard InChI is InChI=1S/C17H18N6/c1-11-5-7-15-13(9-11)18-20-22(15)17(3,4)23-16-8-6-12(2)10-14(16)19-21-23/h5-10H,1-4H3. The zero-order chi connectivity index (χ0) is 16.2.